The number of phenols is 1. The van der Waals surface area contributed by atoms with Crippen molar-refractivity contribution in [2.75, 3.05) is 26.2 Å². The van der Waals surface area contributed by atoms with Crippen molar-refractivity contribution in [2.24, 2.45) is 0 Å². The van der Waals surface area contributed by atoms with Crippen molar-refractivity contribution < 1.29 is 9.50 Å². The highest BCUT2D eigenvalue weighted by atomic mass is 19.1. The first-order chi connectivity index (χ1) is 9.22. The summed E-state index contributed by atoms with van der Waals surface area (Å²) in [5, 5.41) is 9.79. The van der Waals surface area contributed by atoms with E-state index in [0.29, 0.717) is 18.2 Å². The van der Waals surface area contributed by atoms with Gasteiger partial charge in [-0.1, -0.05) is 6.42 Å². The lowest BCUT2D eigenvalue weighted by atomic mass is 9.99. The average Bonchev–Trinajstić information content (AvgIpc) is 2.43. The quantitative estimate of drug-likeness (QED) is 0.887. The van der Waals surface area contributed by atoms with Crippen LogP contribution in [0.4, 0.5) is 4.39 Å². The van der Waals surface area contributed by atoms with Crippen LogP contribution in [-0.4, -0.2) is 47.1 Å². The Balaban J connectivity index is 1.65. The van der Waals surface area contributed by atoms with E-state index < -0.39 is 0 Å². The van der Waals surface area contributed by atoms with E-state index in [1.165, 1.54) is 44.0 Å². The van der Waals surface area contributed by atoms with Gasteiger partial charge in [0, 0.05) is 37.8 Å². The molecule has 0 spiro atoms. The lowest BCUT2D eigenvalue weighted by molar-refractivity contribution is 0.0453. The number of piperidine rings is 1. The monoisotopic (exact) mass is 264 g/mol. The second-order valence-electron chi connectivity index (χ2n) is 5.69. The summed E-state index contributed by atoms with van der Waals surface area (Å²) in [5.41, 5.74) is 0.698. The minimum absolute atomic E-state index is 0.201. The van der Waals surface area contributed by atoms with Gasteiger partial charge < -0.3 is 5.11 Å². The van der Waals surface area contributed by atoms with Gasteiger partial charge in [-0.3, -0.25) is 9.80 Å². The van der Waals surface area contributed by atoms with Gasteiger partial charge in [0.1, 0.15) is 11.6 Å². The molecule has 0 amide bonds. The Morgan fingerprint density at radius 1 is 1.21 bits per heavy atom. The van der Waals surface area contributed by atoms with Crippen molar-refractivity contribution in [3.8, 4) is 5.75 Å². The van der Waals surface area contributed by atoms with Gasteiger partial charge in [0.05, 0.1) is 0 Å². The maximum absolute atomic E-state index is 13.2. The van der Waals surface area contributed by atoms with E-state index in [0.717, 1.165) is 19.6 Å². The van der Waals surface area contributed by atoms with Crippen molar-refractivity contribution >= 4 is 0 Å². The number of phenolic OH excluding ortho intramolecular Hbond substituents is 1. The van der Waals surface area contributed by atoms with Gasteiger partial charge in [0.15, 0.2) is 0 Å². The molecule has 2 fully saturated rings. The fraction of sp³-hybridized carbons (Fsp3) is 0.600. The van der Waals surface area contributed by atoms with Gasteiger partial charge >= 0.3 is 0 Å². The van der Waals surface area contributed by atoms with Crippen LogP contribution in [0.3, 0.4) is 0 Å². The lowest BCUT2D eigenvalue weighted by Gasteiger charge is -2.44. The summed E-state index contributed by atoms with van der Waals surface area (Å²) in [6, 6.07) is 4.85. The number of aromatic hydroxyl groups is 1. The Bertz CT molecular complexity index is 452. The second-order valence-corrected chi connectivity index (χ2v) is 5.69. The number of fused-ring (bicyclic) bond motifs is 1. The molecule has 1 aromatic carbocycles. The maximum Gasteiger partial charge on any atom is 0.123 e. The van der Waals surface area contributed by atoms with Crippen molar-refractivity contribution in [2.45, 2.75) is 31.8 Å². The largest absolute Gasteiger partial charge is 0.508 e. The SMILES string of the molecule is Oc1ccc(F)cc1CN1CCN2CCCCC2C1. The number of nitrogens with zero attached hydrogens (tertiary/aromatic N) is 2. The summed E-state index contributed by atoms with van der Waals surface area (Å²) in [6.07, 6.45) is 3.91. The number of benzene rings is 1. The predicted molar refractivity (Wildman–Crippen MR) is 72.6 cm³/mol. The fourth-order valence-corrected chi connectivity index (χ4v) is 3.29. The van der Waals surface area contributed by atoms with E-state index >= 15 is 0 Å². The minimum atomic E-state index is -0.274. The van der Waals surface area contributed by atoms with E-state index in [1.807, 2.05) is 0 Å². The molecule has 19 heavy (non-hydrogen) atoms. The summed E-state index contributed by atoms with van der Waals surface area (Å²) < 4.78 is 13.2. The van der Waals surface area contributed by atoms with Crippen LogP contribution in [0.25, 0.3) is 0 Å². The van der Waals surface area contributed by atoms with Crippen LogP contribution < -0.4 is 0 Å². The molecule has 3 nitrogen and oxygen atoms in total. The van der Waals surface area contributed by atoms with Crippen LogP contribution in [0.15, 0.2) is 18.2 Å². The number of rotatable bonds is 2. The van der Waals surface area contributed by atoms with Crippen LogP contribution in [0.5, 0.6) is 5.75 Å². The highest BCUT2D eigenvalue weighted by Gasteiger charge is 2.28. The highest BCUT2D eigenvalue weighted by molar-refractivity contribution is 5.32. The Hall–Kier alpha value is -1.13. The van der Waals surface area contributed by atoms with Crippen molar-refractivity contribution in [1.82, 2.24) is 9.80 Å². The minimum Gasteiger partial charge on any atom is -0.508 e. The molecular weight excluding hydrogens is 243 g/mol. The van der Waals surface area contributed by atoms with Crippen LogP contribution in [0.1, 0.15) is 24.8 Å². The first-order valence-electron chi connectivity index (χ1n) is 7.16. The summed E-state index contributed by atoms with van der Waals surface area (Å²) in [5.74, 6) is -0.0726. The number of hydrogen-bond acceptors (Lipinski definition) is 3. The van der Waals surface area contributed by atoms with Crippen molar-refractivity contribution in [1.29, 1.82) is 0 Å². The molecule has 0 aliphatic carbocycles. The normalized spacial score (nSPS) is 25.2. The molecule has 0 saturated carbocycles. The van der Waals surface area contributed by atoms with Gasteiger partial charge in [-0.25, -0.2) is 4.39 Å². The van der Waals surface area contributed by atoms with Crippen LogP contribution in [-0.2, 0) is 6.54 Å². The van der Waals surface area contributed by atoms with Gasteiger partial charge in [0.2, 0.25) is 0 Å². The van der Waals surface area contributed by atoms with Gasteiger partial charge in [-0.05, 0) is 37.6 Å². The Morgan fingerprint density at radius 2 is 2.11 bits per heavy atom. The molecule has 3 rings (SSSR count). The van der Waals surface area contributed by atoms with Gasteiger partial charge in [-0.15, -0.1) is 0 Å². The smallest absolute Gasteiger partial charge is 0.123 e. The molecule has 1 N–H and O–H groups in total. The molecule has 2 saturated heterocycles. The maximum atomic E-state index is 13.2. The zero-order valence-electron chi connectivity index (χ0n) is 11.2. The Labute approximate surface area is 113 Å². The third-order valence-electron chi connectivity index (χ3n) is 4.36. The first kappa shape index (κ1) is 12.9. The van der Waals surface area contributed by atoms with Gasteiger partial charge in [0.25, 0.3) is 0 Å². The third kappa shape index (κ3) is 2.90. The van der Waals surface area contributed by atoms with Crippen molar-refractivity contribution in [3.05, 3.63) is 29.6 Å². The van der Waals surface area contributed by atoms with Crippen LogP contribution in [0, 0.1) is 5.82 Å². The van der Waals surface area contributed by atoms with Gasteiger partial charge in [-0.2, -0.15) is 0 Å². The molecule has 0 radical (unpaired) electrons. The molecule has 1 atom stereocenters. The first-order valence-corrected chi connectivity index (χ1v) is 7.16. The summed E-state index contributed by atoms with van der Waals surface area (Å²) in [4.78, 5) is 4.91. The second kappa shape index (κ2) is 5.47. The van der Waals surface area contributed by atoms with Crippen molar-refractivity contribution in [3.63, 3.8) is 0 Å². The van der Waals surface area contributed by atoms with Crippen LogP contribution in [0.2, 0.25) is 0 Å². The van der Waals surface area contributed by atoms with Crippen LogP contribution >= 0.6 is 0 Å². The zero-order valence-corrected chi connectivity index (χ0v) is 11.2. The molecule has 1 unspecified atom stereocenters. The van der Waals surface area contributed by atoms with E-state index in [2.05, 4.69) is 9.80 Å². The molecule has 1 aromatic rings. The van der Waals surface area contributed by atoms with E-state index in [9.17, 15) is 9.50 Å². The topological polar surface area (TPSA) is 26.7 Å². The molecule has 104 valence electrons. The Morgan fingerprint density at radius 3 is 3.00 bits per heavy atom. The average molecular weight is 264 g/mol. The summed E-state index contributed by atoms with van der Waals surface area (Å²) in [7, 11) is 0. The molecule has 2 aliphatic heterocycles. The van der Waals surface area contributed by atoms with E-state index in [-0.39, 0.29) is 11.6 Å². The lowest BCUT2D eigenvalue weighted by Crippen LogP contribution is -2.54. The molecule has 2 aliphatic rings. The number of piperazine rings is 1. The molecule has 2 heterocycles. The summed E-state index contributed by atoms with van der Waals surface area (Å²) in [6.45, 7) is 5.01. The highest BCUT2D eigenvalue weighted by Crippen LogP contribution is 2.24. The Kier molecular flexibility index (Phi) is 3.71. The standard InChI is InChI=1S/C15H21FN2O/c16-13-4-5-15(19)12(9-13)10-17-7-8-18-6-2-1-3-14(18)11-17/h4-5,9,14,19H,1-3,6-8,10-11H2. The molecule has 0 aromatic heterocycles. The number of hydrogen-bond donors (Lipinski definition) is 1. The molecule has 4 heteroatoms. The number of halogens is 1. The van der Waals surface area contributed by atoms with E-state index in [1.54, 1.807) is 0 Å². The molecule has 0 bridgehead atoms. The predicted octanol–water partition coefficient (Wildman–Crippen LogP) is 2.20. The summed E-state index contributed by atoms with van der Waals surface area (Å²) >= 11 is 0. The zero-order chi connectivity index (χ0) is 13.2. The molecular formula is C15H21FN2O. The third-order valence-corrected chi connectivity index (χ3v) is 4.36. The fourth-order valence-electron chi connectivity index (χ4n) is 3.29. The van der Waals surface area contributed by atoms with E-state index in [4.69, 9.17) is 0 Å².